The van der Waals surface area contributed by atoms with Crippen LogP contribution >= 0.6 is 0 Å². The molecule has 3 aliphatic heterocycles. The molecule has 5 aliphatic rings. The fourth-order valence-electron chi connectivity index (χ4n) is 5.79. The lowest BCUT2D eigenvalue weighted by atomic mass is 9.83. The smallest absolute Gasteiger partial charge is 0.339 e. The average Bonchev–Trinajstić information content (AvgIpc) is 3.45. The van der Waals surface area contributed by atoms with Crippen molar-refractivity contribution < 1.29 is 28.5 Å². The summed E-state index contributed by atoms with van der Waals surface area (Å²) in [5.41, 5.74) is 2.29. The van der Waals surface area contributed by atoms with E-state index in [2.05, 4.69) is 17.1 Å². The van der Waals surface area contributed by atoms with Crippen molar-refractivity contribution in [2.75, 3.05) is 27.3 Å². The molecule has 1 saturated heterocycles. The second-order valence-corrected chi connectivity index (χ2v) is 9.34. The maximum Gasteiger partial charge on any atom is 0.339 e. The van der Waals surface area contributed by atoms with Crippen LogP contribution in [0.15, 0.2) is 40.4 Å². The summed E-state index contributed by atoms with van der Waals surface area (Å²) in [6, 6.07) is 3.93. The summed E-state index contributed by atoms with van der Waals surface area (Å²) in [5, 5.41) is 0. The summed E-state index contributed by atoms with van der Waals surface area (Å²) in [7, 11) is 3.12. The summed E-state index contributed by atoms with van der Waals surface area (Å²) in [5.74, 6) is 0.538. The van der Waals surface area contributed by atoms with E-state index in [1.54, 1.807) is 20.3 Å². The molecule has 0 radical (unpaired) electrons. The Bertz CT molecular complexity index is 1160. The molecule has 8 heteroatoms. The number of rotatable bonds is 2. The first-order valence-corrected chi connectivity index (χ1v) is 11.4. The van der Waals surface area contributed by atoms with Gasteiger partial charge in [0.15, 0.2) is 11.5 Å². The van der Waals surface area contributed by atoms with Crippen LogP contribution in [-0.2, 0) is 19.9 Å². The largest absolute Gasteiger partial charge is 0.493 e. The van der Waals surface area contributed by atoms with Crippen molar-refractivity contribution in [3.05, 3.63) is 46.6 Å². The number of benzene rings is 1. The molecule has 33 heavy (non-hydrogen) atoms. The Kier molecular flexibility index (Phi) is 4.38. The van der Waals surface area contributed by atoms with Gasteiger partial charge < -0.3 is 23.8 Å². The van der Waals surface area contributed by atoms with E-state index < -0.39 is 11.2 Å². The standard InChI is InChI=1S/C25H26N2O6/c1-30-19-11-17-18(12-20(19)31-2)24(32-21(17)28)7-9-27(10-8-24)23-26-22(29)25(33-23)13-15-5-3-4-6-16(15)14-25/h3,5,11-12H,4,6-10,13-14H2,1-2H3. The van der Waals surface area contributed by atoms with Crippen molar-refractivity contribution >= 4 is 17.9 Å². The fourth-order valence-corrected chi connectivity index (χ4v) is 5.79. The molecule has 0 bridgehead atoms. The first-order chi connectivity index (χ1) is 16.0. The van der Waals surface area contributed by atoms with E-state index in [0.717, 1.165) is 18.4 Å². The highest BCUT2D eigenvalue weighted by Gasteiger charge is 2.54. The number of esters is 1. The molecule has 1 atom stereocenters. The Morgan fingerprint density at radius 1 is 1.00 bits per heavy atom. The molecule has 1 aromatic carbocycles. The molecule has 2 spiro atoms. The van der Waals surface area contributed by atoms with Crippen LogP contribution < -0.4 is 9.47 Å². The van der Waals surface area contributed by atoms with Gasteiger partial charge in [0.1, 0.15) is 5.60 Å². The Morgan fingerprint density at radius 2 is 1.76 bits per heavy atom. The van der Waals surface area contributed by atoms with E-state index in [4.69, 9.17) is 18.9 Å². The molecule has 0 N–H and O–H groups in total. The van der Waals surface area contributed by atoms with Crippen LogP contribution in [0.2, 0.25) is 0 Å². The molecule has 3 heterocycles. The van der Waals surface area contributed by atoms with Gasteiger partial charge >= 0.3 is 5.97 Å². The molecule has 1 amide bonds. The number of hydrogen-bond acceptors (Lipinski definition) is 7. The average molecular weight is 450 g/mol. The molecule has 2 aliphatic carbocycles. The zero-order valence-corrected chi connectivity index (χ0v) is 18.8. The summed E-state index contributed by atoms with van der Waals surface area (Å²) in [4.78, 5) is 31.9. The number of likely N-dealkylation sites (tertiary alicyclic amines) is 1. The number of carbonyl (C=O) groups excluding carboxylic acids is 2. The lowest BCUT2D eigenvalue weighted by Crippen LogP contribution is -2.47. The SMILES string of the molecule is COc1cc2c(cc1OC)C1(CCN(C3=NC(=O)C4(CC5=C(CCC=C5)C4)O3)CC1)OC2=O. The Labute approximate surface area is 191 Å². The van der Waals surface area contributed by atoms with Crippen LogP contribution in [0.3, 0.4) is 0 Å². The predicted octanol–water partition coefficient (Wildman–Crippen LogP) is 3.26. The molecule has 8 nitrogen and oxygen atoms in total. The van der Waals surface area contributed by atoms with Crippen molar-refractivity contribution in [2.24, 2.45) is 4.99 Å². The highest BCUT2D eigenvalue weighted by Crippen LogP contribution is 2.49. The third kappa shape index (κ3) is 2.92. The van der Waals surface area contributed by atoms with Crippen molar-refractivity contribution in [1.29, 1.82) is 0 Å². The van der Waals surface area contributed by atoms with Gasteiger partial charge in [0, 0.05) is 44.3 Å². The van der Waals surface area contributed by atoms with Gasteiger partial charge in [-0.3, -0.25) is 4.79 Å². The first-order valence-electron chi connectivity index (χ1n) is 11.4. The number of amides is 1. The molecule has 1 fully saturated rings. The number of nitrogens with zero attached hydrogens (tertiary/aromatic N) is 2. The van der Waals surface area contributed by atoms with Crippen molar-refractivity contribution in [3.8, 4) is 11.5 Å². The number of amidine groups is 1. The maximum absolute atomic E-state index is 12.9. The van der Waals surface area contributed by atoms with Crippen molar-refractivity contribution in [2.45, 2.75) is 49.7 Å². The van der Waals surface area contributed by atoms with Gasteiger partial charge in [-0.2, -0.15) is 4.99 Å². The van der Waals surface area contributed by atoms with E-state index in [1.807, 2.05) is 11.0 Å². The van der Waals surface area contributed by atoms with Crippen LogP contribution in [0.25, 0.3) is 0 Å². The number of hydrogen-bond donors (Lipinski definition) is 0. The van der Waals surface area contributed by atoms with Crippen molar-refractivity contribution in [3.63, 3.8) is 0 Å². The first kappa shape index (κ1) is 20.3. The van der Waals surface area contributed by atoms with E-state index in [-0.39, 0.29) is 11.9 Å². The van der Waals surface area contributed by atoms with Crippen LogP contribution in [0, 0.1) is 0 Å². The molecular formula is C25H26N2O6. The highest BCUT2D eigenvalue weighted by atomic mass is 16.6. The lowest BCUT2D eigenvalue weighted by molar-refractivity contribution is -0.130. The highest BCUT2D eigenvalue weighted by molar-refractivity contribution is 6.02. The zero-order valence-electron chi connectivity index (χ0n) is 18.8. The number of allylic oxidation sites excluding steroid dienone is 2. The van der Waals surface area contributed by atoms with Crippen LogP contribution in [0.1, 0.15) is 54.4 Å². The molecule has 1 unspecified atom stereocenters. The van der Waals surface area contributed by atoms with Gasteiger partial charge in [0.2, 0.25) is 5.60 Å². The quantitative estimate of drug-likeness (QED) is 0.639. The minimum Gasteiger partial charge on any atom is -0.493 e. The summed E-state index contributed by atoms with van der Waals surface area (Å²) < 4.78 is 23.0. The Morgan fingerprint density at radius 3 is 2.48 bits per heavy atom. The second kappa shape index (κ2) is 7.10. The number of ether oxygens (including phenoxy) is 4. The van der Waals surface area contributed by atoms with Gasteiger partial charge in [-0.15, -0.1) is 0 Å². The fraction of sp³-hybridized carbons (Fsp3) is 0.480. The topological polar surface area (TPSA) is 86.7 Å². The number of fused-ring (bicyclic) bond motifs is 2. The van der Waals surface area contributed by atoms with Gasteiger partial charge in [-0.25, -0.2) is 4.79 Å². The van der Waals surface area contributed by atoms with E-state index in [0.29, 0.717) is 61.9 Å². The lowest BCUT2D eigenvalue weighted by Gasteiger charge is -2.39. The maximum atomic E-state index is 12.9. The third-order valence-corrected chi connectivity index (χ3v) is 7.60. The molecule has 172 valence electrons. The normalized spacial score (nSPS) is 27.0. The second-order valence-electron chi connectivity index (χ2n) is 9.34. The summed E-state index contributed by atoms with van der Waals surface area (Å²) >= 11 is 0. The summed E-state index contributed by atoms with van der Waals surface area (Å²) in [6.45, 7) is 1.13. The molecule has 1 aromatic rings. The van der Waals surface area contributed by atoms with Crippen LogP contribution in [0.4, 0.5) is 0 Å². The van der Waals surface area contributed by atoms with Gasteiger partial charge in [-0.1, -0.05) is 17.7 Å². The minimum atomic E-state index is -0.875. The molecule has 0 aromatic heterocycles. The third-order valence-electron chi connectivity index (χ3n) is 7.60. The van der Waals surface area contributed by atoms with E-state index in [9.17, 15) is 9.59 Å². The number of methoxy groups -OCH3 is 2. The Balaban J connectivity index is 1.20. The monoisotopic (exact) mass is 450 g/mol. The molecular weight excluding hydrogens is 424 g/mol. The molecule has 6 rings (SSSR count). The Hall–Kier alpha value is -3.29. The summed E-state index contributed by atoms with van der Waals surface area (Å²) in [6.07, 6.45) is 8.66. The van der Waals surface area contributed by atoms with Crippen LogP contribution in [-0.4, -0.2) is 55.7 Å². The number of carbonyl (C=O) groups is 2. The number of piperidine rings is 1. The number of aliphatic imine (C=N–C) groups is 1. The predicted molar refractivity (Wildman–Crippen MR) is 118 cm³/mol. The van der Waals surface area contributed by atoms with Gasteiger partial charge in [-0.05, 0) is 30.5 Å². The van der Waals surface area contributed by atoms with Gasteiger partial charge in [0.25, 0.3) is 11.9 Å². The zero-order chi connectivity index (χ0) is 22.8. The van der Waals surface area contributed by atoms with E-state index in [1.165, 1.54) is 11.1 Å². The van der Waals surface area contributed by atoms with Gasteiger partial charge in [0.05, 0.1) is 19.8 Å². The minimum absolute atomic E-state index is 0.185. The van der Waals surface area contributed by atoms with Crippen molar-refractivity contribution in [1.82, 2.24) is 4.90 Å². The molecule has 0 saturated carbocycles. The van der Waals surface area contributed by atoms with Crippen LogP contribution in [0.5, 0.6) is 11.5 Å². The van der Waals surface area contributed by atoms with E-state index >= 15 is 0 Å².